The molecule has 146 valence electrons. The van der Waals surface area contributed by atoms with Crippen molar-refractivity contribution in [1.29, 1.82) is 0 Å². The van der Waals surface area contributed by atoms with Crippen LogP contribution in [-0.2, 0) is 10.3 Å². The minimum absolute atomic E-state index is 0.256. The molecule has 29 heavy (non-hydrogen) atoms. The van der Waals surface area contributed by atoms with Crippen molar-refractivity contribution in [3.8, 4) is 0 Å². The molecule has 5 heteroatoms. The highest BCUT2D eigenvalue weighted by Crippen LogP contribution is 2.34. The van der Waals surface area contributed by atoms with Gasteiger partial charge in [0.15, 0.2) is 5.78 Å². The number of urea groups is 1. The summed E-state index contributed by atoms with van der Waals surface area (Å²) in [5.41, 5.74) is 1.91. The number of amides is 3. The maximum absolute atomic E-state index is 13.3. The van der Waals surface area contributed by atoms with Gasteiger partial charge in [-0.25, -0.2) is 4.79 Å². The molecule has 4 rings (SSSR count). The summed E-state index contributed by atoms with van der Waals surface area (Å²) < 4.78 is 0. The molecule has 1 unspecified atom stereocenters. The highest BCUT2D eigenvalue weighted by atomic mass is 16.2. The number of nitrogens with one attached hydrogen (secondary N) is 1. The van der Waals surface area contributed by atoms with E-state index in [1.54, 1.807) is 13.0 Å². The Kier molecular flexibility index (Phi) is 4.46. The molecule has 3 aromatic rings. The number of ketones is 1. The summed E-state index contributed by atoms with van der Waals surface area (Å²) in [6.07, 6.45) is 0. The molecule has 1 atom stereocenters. The predicted octanol–water partition coefficient (Wildman–Crippen LogP) is 4.11. The van der Waals surface area contributed by atoms with Crippen LogP contribution in [0.3, 0.4) is 0 Å². The van der Waals surface area contributed by atoms with Crippen LogP contribution in [0.5, 0.6) is 0 Å². The lowest BCUT2D eigenvalue weighted by atomic mass is 9.87. The minimum atomic E-state index is -1.22. The van der Waals surface area contributed by atoms with Gasteiger partial charge in [-0.2, -0.15) is 0 Å². The SMILES string of the molecule is Cc1ccc(C(=O)CN2C(=O)NC(C)(c3cccc4ccccc34)C2=O)c(C)c1. The standard InChI is InChI=1S/C24H22N2O3/c1-15-11-12-18(16(2)13-15)21(27)14-26-22(28)24(3,25-23(26)29)20-10-6-8-17-7-4-5-9-19(17)20/h4-13H,14H2,1-3H3,(H,25,29). The van der Waals surface area contributed by atoms with Gasteiger partial charge in [0.25, 0.3) is 5.91 Å². The first-order chi connectivity index (χ1) is 13.8. The molecule has 0 saturated carbocycles. The summed E-state index contributed by atoms with van der Waals surface area (Å²) in [7, 11) is 0. The number of nitrogens with zero attached hydrogens (tertiary/aromatic N) is 1. The Hall–Kier alpha value is -3.47. The van der Waals surface area contributed by atoms with Gasteiger partial charge in [-0.15, -0.1) is 0 Å². The van der Waals surface area contributed by atoms with E-state index >= 15 is 0 Å². The Labute approximate surface area is 169 Å². The Balaban J connectivity index is 1.67. The van der Waals surface area contributed by atoms with Gasteiger partial charge < -0.3 is 5.32 Å². The van der Waals surface area contributed by atoms with Gasteiger partial charge in [-0.3, -0.25) is 14.5 Å². The van der Waals surface area contributed by atoms with Crippen LogP contribution in [0.25, 0.3) is 10.8 Å². The number of carbonyl (C=O) groups excluding carboxylic acids is 3. The van der Waals surface area contributed by atoms with Gasteiger partial charge in [-0.1, -0.05) is 66.2 Å². The largest absolute Gasteiger partial charge is 0.325 e. The highest BCUT2D eigenvalue weighted by molar-refractivity contribution is 6.12. The van der Waals surface area contributed by atoms with Crippen molar-refractivity contribution in [1.82, 2.24) is 10.2 Å². The van der Waals surface area contributed by atoms with Crippen LogP contribution in [0.1, 0.15) is 34.0 Å². The summed E-state index contributed by atoms with van der Waals surface area (Å²) in [4.78, 5) is 39.8. The molecular weight excluding hydrogens is 364 g/mol. The number of carbonyl (C=O) groups is 3. The summed E-state index contributed by atoms with van der Waals surface area (Å²) in [6, 6.07) is 18.4. The summed E-state index contributed by atoms with van der Waals surface area (Å²) in [6.45, 7) is 5.21. The van der Waals surface area contributed by atoms with E-state index < -0.39 is 17.5 Å². The number of rotatable bonds is 4. The van der Waals surface area contributed by atoms with Crippen molar-refractivity contribution < 1.29 is 14.4 Å². The average molecular weight is 386 g/mol. The molecule has 0 bridgehead atoms. The maximum Gasteiger partial charge on any atom is 0.325 e. The molecule has 0 aromatic heterocycles. The fourth-order valence-corrected chi connectivity index (χ4v) is 4.04. The average Bonchev–Trinajstić information content (AvgIpc) is 2.91. The lowest BCUT2D eigenvalue weighted by molar-refractivity contribution is -0.130. The fourth-order valence-electron chi connectivity index (χ4n) is 4.04. The zero-order valence-corrected chi connectivity index (χ0v) is 16.7. The normalized spacial score (nSPS) is 18.9. The highest BCUT2D eigenvalue weighted by Gasteiger charge is 2.50. The zero-order valence-electron chi connectivity index (χ0n) is 16.7. The van der Waals surface area contributed by atoms with E-state index in [-0.39, 0.29) is 12.3 Å². The Morgan fingerprint density at radius 2 is 1.72 bits per heavy atom. The third-order valence-electron chi connectivity index (χ3n) is 5.59. The van der Waals surface area contributed by atoms with E-state index in [0.717, 1.165) is 32.4 Å². The topological polar surface area (TPSA) is 66.5 Å². The predicted molar refractivity (Wildman–Crippen MR) is 112 cm³/mol. The number of aryl methyl sites for hydroxylation is 2. The van der Waals surface area contributed by atoms with Gasteiger partial charge in [-0.05, 0) is 42.7 Å². The van der Waals surface area contributed by atoms with Crippen molar-refractivity contribution in [3.05, 3.63) is 82.9 Å². The molecule has 3 aromatic carbocycles. The van der Waals surface area contributed by atoms with E-state index in [2.05, 4.69) is 5.32 Å². The van der Waals surface area contributed by atoms with E-state index in [0.29, 0.717) is 5.56 Å². The molecule has 1 aliphatic rings. The molecule has 0 radical (unpaired) electrons. The number of hydrogen-bond acceptors (Lipinski definition) is 3. The van der Waals surface area contributed by atoms with Gasteiger partial charge in [0.1, 0.15) is 5.54 Å². The van der Waals surface area contributed by atoms with Gasteiger partial charge in [0.2, 0.25) is 0 Å². The van der Waals surface area contributed by atoms with Crippen LogP contribution in [0, 0.1) is 13.8 Å². The van der Waals surface area contributed by atoms with Crippen molar-refractivity contribution in [2.75, 3.05) is 6.54 Å². The Morgan fingerprint density at radius 3 is 2.48 bits per heavy atom. The number of Topliss-reactive ketones (excluding diaryl/α,β-unsaturated/α-hetero) is 1. The molecule has 0 aliphatic carbocycles. The van der Waals surface area contributed by atoms with E-state index in [1.807, 2.05) is 68.4 Å². The molecule has 1 N–H and O–H groups in total. The van der Waals surface area contributed by atoms with Crippen LogP contribution in [0.2, 0.25) is 0 Å². The Morgan fingerprint density at radius 1 is 1.00 bits per heavy atom. The molecule has 1 aliphatic heterocycles. The molecule has 1 fully saturated rings. The molecule has 3 amide bonds. The summed E-state index contributed by atoms with van der Waals surface area (Å²) in [5, 5.41) is 4.69. The third-order valence-corrected chi connectivity index (χ3v) is 5.59. The van der Waals surface area contributed by atoms with Crippen LogP contribution in [0.15, 0.2) is 60.7 Å². The second-order valence-corrected chi connectivity index (χ2v) is 7.71. The van der Waals surface area contributed by atoms with E-state index in [1.165, 1.54) is 0 Å². The number of hydrogen-bond donors (Lipinski definition) is 1. The van der Waals surface area contributed by atoms with Crippen LogP contribution in [0.4, 0.5) is 4.79 Å². The fraction of sp³-hybridized carbons (Fsp3) is 0.208. The lowest BCUT2D eigenvalue weighted by Gasteiger charge is -2.24. The summed E-state index contributed by atoms with van der Waals surface area (Å²) in [5.74, 6) is -0.676. The first-order valence-electron chi connectivity index (χ1n) is 9.54. The second kappa shape index (κ2) is 6.85. The molecule has 1 saturated heterocycles. The first-order valence-corrected chi connectivity index (χ1v) is 9.54. The number of benzene rings is 3. The molecule has 1 heterocycles. The molecule has 0 spiro atoms. The molecule has 5 nitrogen and oxygen atoms in total. The summed E-state index contributed by atoms with van der Waals surface area (Å²) >= 11 is 0. The zero-order chi connectivity index (χ0) is 20.8. The van der Waals surface area contributed by atoms with Crippen molar-refractivity contribution in [2.24, 2.45) is 0 Å². The number of fused-ring (bicyclic) bond motifs is 1. The smallest absolute Gasteiger partial charge is 0.319 e. The van der Waals surface area contributed by atoms with Crippen molar-refractivity contribution in [3.63, 3.8) is 0 Å². The maximum atomic E-state index is 13.3. The quantitative estimate of drug-likeness (QED) is 0.542. The third kappa shape index (κ3) is 3.09. The lowest BCUT2D eigenvalue weighted by Crippen LogP contribution is -2.41. The van der Waals surface area contributed by atoms with E-state index in [4.69, 9.17) is 0 Å². The van der Waals surface area contributed by atoms with Gasteiger partial charge in [0, 0.05) is 5.56 Å². The van der Waals surface area contributed by atoms with Crippen LogP contribution >= 0.6 is 0 Å². The Bertz CT molecular complexity index is 1160. The minimum Gasteiger partial charge on any atom is -0.319 e. The van der Waals surface area contributed by atoms with E-state index in [9.17, 15) is 14.4 Å². The number of imide groups is 1. The van der Waals surface area contributed by atoms with Crippen LogP contribution < -0.4 is 5.32 Å². The van der Waals surface area contributed by atoms with Gasteiger partial charge >= 0.3 is 6.03 Å². The monoisotopic (exact) mass is 386 g/mol. The van der Waals surface area contributed by atoms with Crippen LogP contribution in [-0.4, -0.2) is 29.2 Å². The second-order valence-electron chi connectivity index (χ2n) is 7.71. The first kappa shape index (κ1) is 18.9. The van der Waals surface area contributed by atoms with Crippen molar-refractivity contribution in [2.45, 2.75) is 26.3 Å². The van der Waals surface area contributed by atoms with Crippen molar-refractivity contribution >= 4 is 28.5 Å². The molecular formula is C24H22N2O3. The van der Waals surface area contributed by atoms with Gasteiger partial charge in [0.05, 0.1) is 6.54 Å².